The summed E-state index contributed by atoms with van der Waals surface area (Å²) in [4.78, 5) is 5.80. The summed E-state index contributed by atoms with van der Waals surface area (Å²) >= 11 is 5.23. The van der Waals surface area contributed by atoms with Crippen LogP contribution in [0.3, 0.4) is 0 Å². The molecule has 0 aliphatic carbocycles. The molecule has 0 atom stereocenters. The Morgan fingerprint density at radius 3 is 3.06 bits per heavy atom. The lowest BCUT2D eigenvalue weighted by atomic mass is 10.3. The Kier molecular flexibility index (Phi) is 3.29. The number of nitrogens with zero attached hydrogens (tertiary/aromatic N) is 3. The van der Waals surface area contributed by atoms with Crippen LogP contribution in [-0.2, 0) is 6.42 Å². The van der Waals surface area contributed by atoms with E-state index in [1.54, 1.807) is 15.9 Å². The SMILES string of the molecule is Brc1cccn2nc(NCCc3cccs3)nc12. The molecule has 3 rings (SSSR count). The zero-order chi connectivity index (χ0) is 12.4. The first kappa shape index (κ1) is 11.7. The number of hydrogen-bond acceptors (Lipinski definition) is 4. The highest BCUT2D eigenvalue weighted by molar-refractivity contribution is 9.10. The first-order valence-electron chi connectivity index (χ1n) is 5.60. The molecule has 0 saturated heterocycles. The number of halogens is 1. The topological polar surface area (TPSA) is 42.2 Å². The lowest BCUT2D eigenvalue weighted by Gasteiger charge is -1.98. The van der Waals surface area contributed by atoms with Crippen LogP contribution in [0, 0.1) is 0 Å². The number of thiophene rings is 1. The van der Waals surface area contributed by atoms with Crippen molar-refractivity contribution in [1.29, 1.82) is 0 Å². The van der Waals surface area contributed by atoms with E-state index in [1.165, 1.54) is 4.88 Å². The van der Waals surface area contributed by atoms with E-state index in [0.717, 1.165) is 23.1 Å². The highest BCUT2D eigenvalue weighted by Gasteiger charge is 2.05. The third-order valence-corrected chi connectivity index (χ3v) is 4.10. The molecule has 0 fully saturated rings. The van der Waals surface area contributed by atoms with Gasteiger partial charge in [0.15, 0.2) is 5.65 Å². The molecule has 0 bridgehead atoms. The zero-order valence-electron chi connectivity index (χ0n) is 9.51. The maximum atomic E-state index is 4.43. The Balaban J connectivity index is 1.69. The molecule has 0 aliphatic heterocycles. The maximum Gasteiger partial charge on any atom is 0.243 e. The van der Waals surface area contributed by atoms with Crippen molar-refractivity contribution in [3.63, 3.8) is 0 Å². The van der Waals surface area contributed by atoms with E-state index >= 15 is 0 Å². The Hall–Kier alpha value is -1.40. The number of anilines is 1. The molecular formula is C12H11BrN4S. The molecule has 0 aromatic carbocycles. The van der Waals surface area contributed by atoms with E-state index in [-0.39, 0.29) is 0 Å². The minimum Gasteiger partial charge on any atom is -0.353 e. The van der Waals surface area contributed by atoms with E-state index in [2.05, 4.69) is 48.8 Å². The van der Waals surface area contributed by atoms with Crippen molar-refractivity contribution >= 4 is 38.9 Å². The minimum absolute atomic E-state index is 0.665. The maximum absolute atomic E-state index is 4.43. The van der Waals surface area contributed by atoms with Gasteiger partial charge in [-0.25, -0.2) is 4.52 Å². The Morgan fingerprint density at radius 1 is 1.33 bits per heavy atom. The van der Waals surface area contributed by atoms with Crippen LogP contribution in [0.2, 0.25) is 0 Å². The molecule has 3 aromatic rings. The number of fused-ring (bicyclic) bond motifs is 1. The molecule has 18 heavy (non-hydrogen) atoms. The molecular weight excluding hydrogens is 312 g/mol. The molecule has 0 saturated carbocycles. The summed E-state index contributed by atoms with van der Waals surface area (Å²) < 4.78 is 2.71. The Bertz CT molecular complexity index is 647. The van der Waals surface area contributed by atoms with Crippen molar-refractivity contribution in [3.05, 3.63) is 45.2 Å². The van der Waals surface area contributed by atoms with Gasteiger partial charge in [0.05, 0.1) is 4.47 Å². The van der Waals surface area contributed by atoms with Gasteiger partial charge in [-0.3, -0.25) is 0 Å². The van der Waals surface area contributed by atoms with Gasteiger partial charge in [0, 0.05) is 17.6 Å². The number of aromatic nitrogens is 3. The average Bonchev–Trinajstić information content (AvgIpc) is 2.98. The van der Waals surface area contributed by atoms with E-state index < -0.39 is 0 Å². The normalized spacial score (nSPS) is 10.9. The summed E-state index contributed by atoms with van der Waals surface area (Å²) in [5.41, 5.74) is 0.830. The van der Waals surface area contributed by atoms with Gasteiger partial charge in [-0.05, 0) is 45.9 Å². The standard InChI is InChI=1S/C12H11BrN4S/c13-10-4-1-7-17-11(10)15-12(16-17)14-6-5-9-3-2-8-18-9/h1-4,7-8H,5-6H2,(H,14,16). The zero-order valence-corrected chi connectivity index (χ0v) is 11.9. The average molecular weight is 323 g/mol. The van der Waals surface area contributed by atoms with Crippen LogP contribution in [0.4, 0.5) is 5.95 Å². The molecule has 0 amide bonds. The largest absolute Gasteiger partial charge is 0.353 e. The molecule has 92 valence electrons. The van der Waals surface area contributed by atoms with Gasteiger partial charge in [0.2, 0.25) is 5.95 Å². The van der Waals surface area contributed by atoms with E-state index in [9.17, 15) is 0 Å². The first-order valence-corrected chi connectivity index (χ1v) is 7.27. The van der Waals surface area contributed by atoms with Crippen molar-refractivity contribution in [2.75, 3.05) is 11.9 Å². The third-order valence-electron chi connectivity index (χ3n) is 2.55. The fourth-order valence-electron chi connectivity index (χ4n) is 1.70. The van der Waals surface area contributed by atoms with Gasteiger partial charge in [0.25, 0.3) is 0 Å². The van der Waals surface area contributed by atoms with Gasteiger partial charge in [-0.2, -0.15) is 4.98 Å². The second-order valence-electron chi connectivity index (χ2n) is 3.82. The monoisotopic (exact) mass is 322 g/mol. The quantitative estimate of drug-likeness (QED) is 0.802. The fourth-order valence-corrected chi connectivity index (χ4v) is 2.83. The van der Waals surface area contributed by atoms with Gasteiger partial charge in [0.1, 0.15) is 0 Å². The number of nitrogens with one attached hydrogen (secondary N) is 1. The molecule has 0 radical (unpaired) electrons. The van der Waals surface area contributed by atoms with Crippen molar-refractivity contribution in [2.24, 2.45) is 0 Å². The minimum atomic E-state index is 0.665. The van der Waals surface area contributed by atoms with Crippen LogP contribution in [0.5, 0.6) is 0 Å². The van der Waals surface area contributed by atoms with Crippen LogP contribution < -0.4 is 5.32 Å². The van der Waals surface area contributed by atoms with E-state index in [4.69, 9.17) is 0 Å². The summed E-state index contributed by atoms with van der Waals surface area (Å²) in [7, 11) is 0. The number of rotatable bonds is 4. The van der Waals surface area contributed by atoms with Gasteiger partial charge >= 0.3 is 0 Å². The lowest BCUT2D eigenvalue weighted by molar-refractivity contribution is 0.940. The summed E-state index contributed by atoms with van der Waals surface area (Å²) in [6, 6.07) is 8.10. The fraction of sp³-hybridized carbons (Fsp3) is 0.167. The smallest absolute Gasteiger partial charge is 0.243 e. The molecule has 3 aromatic heterocycles. The molecule has 3 heterocycles. The van der Waals surface area contributed by atoms with Crippen LogP contribution in [-0.4, -0.2) is 21.1 Å². The van der Waals surface area contributed by atoms with Crippen molar-refractivity contribution in [1.82, 2.24) is 14.6 Å². The van der Waals surface area contributed by atoms with Crippen molar-refractivity contribution in [2.45, 2.75) is 6.42 Å². The van der Waals surface area contributed by atoms with Gasteiger partial charge in [-0.15, -0.1) is 16.4 Å². The van der Waals surface area contributed by atoms with Crippen molar-refractivity contribution < 1.29 is 0 Å². The van der Waals surface area contributed by atoms with Crippen molar-refractivity contribution in [3.8, 4) is 0 Å². The van der Waals surface area contributed by atoms with E-state index in [0.29, 0.717) is 5.95 Å². The van der Waals surface area contributed by atoms with Gasteiger partial charge in [-0.1, -0.05) is 6.07 Å². The van der Waals surface area contributed by atoms with Crippen LogP contribution in [0.25, 0.3) is 5.65 Å². The second-order valence-corrected chi connectivity index (χ2v) is 5.70. The third kappa shape index (κ3) is 2.39. The highest BCUT2D eigenvalue weighted by atomic mass is 79.9. The summed E-state index contributed by atoms with van der Waals surface area (Å²) in [5, 5.41) is 9.70. The first-order chi connectivity index (χ1) is 8.83. The molecule has 6 heteroatoms. The van der Waals surface area contributed by atoms with Crippen LogP contribution in [0.15, 0.2) is 40.3 Å². The van der Waals surface area contributed by atoms with Crippen LogP contribution in [0.1, 0.15) is 4.88 Å². The van der Waals surface area contributed by atoms with Crippen LogP contribution >= 0.6 is 27.3 Å². The number of pyridine rings is 1. The predicted octanol–water partition coefficient (Wildman–Crippen LogP) is 3.21. The molecule has 1 N–H and O–H groups in total. The summed E-state index contributed by atoms with van der Waals surface area (Å²) in [5.74, 6) is 0.665. The highest BCUT2D eigenvalue weighted by Crippen LogP contribution is 2.17. The summed E-state index contributed by atoms with van der Waals surface area (Å²) in [6.45, 7) is 0.842. The Labute approximate surface area is 117 Å². The van der Waals surface area contributed by atoms with Gasteiger partial charge < -0.3 is 5.32 Å². The number of hydrogen-bond donors (Lipinski definition) is 1. The summed E-state index contributed by atoms with van der Waals surface area (Å²) in [6.07, 6.45) is 2.88. The predicted molar refractivity (Wildman–Crippen MR) is 77.2 cm³/mol. The molecule has 0 unspecified atom stereocenters. The molecule has 4 nitrogen and oxygen atoms in total. The molecule has 0 aliphatic rings. The Morgan fingerprint density at radius 2 is 2.28 bits per heavy atom. The molecule has 0 spiro atoms. The van der Waals surface area contributed by atoms with E-state index in [1.807, 2.05) is 18.3 Å². The lowest BCUT2D eigenvalue weighted by Crippen LogP contribution is -2.05. The second kappa shape index (κ2) is 5.07.